The summed E-state index contributed by atoms with van der Waals surface area (Å²) in [6.45, 7) is 4.77. The lowest BCUT2D eigenvalue weighted by molar-refractivity contribution is 0.0345. The Labute approximate surface area is 89.9 Å². The molecule has 2 heterocycles. The average molecular weight is 263 g/mol. The van der Waals surface area contributed by atoms with Gasteiger partial charge in [-0.3, -0.25) is 4.90 Å². The predicted molar refractivity (Wildman–Crippen MR) is 55.9 cm³/mol. The third-order valence-electron chi connectivity index (χ3n) is 2.06. The molecule has 1 aromatic rings. The Balaban J connectivity index is 1.93. The Morgan fingerprint density at radius 2 is 2.31 bits per heavy atom. The minimum atomic E-state index is 0.858. The zero-order valence-corrected chi connectivity index (χ0v) is 9.60. The Hall–Kier alpha value is 0.0300. The van der Waals surface area contributed by atoms with E-state index in [4.69, 9.17) is 4.74 Å². The van der Waals surface area contributed by atoms with Crippen LogP contribution >= 0.6 is 27.3 Å². The molecule has 1 fully saturated rings. The lowest BCUT2D eigenvalue weighted by Gasteiger charge is -2.25. The Kier molecular flexibility index (Phi) is 3.32. The highest BCUT2D eigenvalue weighted by atomic mass is 79.9. The molecule has 1 aromatic heterocycles. The molecule has 13 heavy (non-hydrogen) atoms. The van der Waals surface area contributed by atoms with Gasteiger partial charge in [0.25, 0.3) is 0 Å². The molecule has 0 unspecified atom stereocenters. The van der Waals surface area contributed by atoms with Crippen LogP contribution in [-0.2, 0) is 11.3 Å². The summed E-state index contributed by atoms with van der Waals surface area (Å²) in [5.74, 6) is 0. The Morgan fingerprint density at radius 3 is 2.92 bits per heavy atom. The summed E-state index contributed by atoms with van der Waals surface area (Å²) < 4.78 is 6.27. The van der Waals surface area contributed by atoms with Gasteiger partial charge in [-0.05, 0) is 15.9 Å². The molecule has 3 nitrogen and oxygen atoms in total. The lowest BCUT2D eigenvalue weighted by atomic mass is 10.4. The van der Waals surface area contributed by atoms with Crippen LogP contribution in [0.3, 0.4) is 0 Å². The van der Waals surface area contributed by atoms with E-state index in [1.54, 1.807) is 11.3 Å². The molecule has 0 spiro atoms. The second-order valence-electron chi connectivity index (χ2n) is 2.95. The van der Waals surface area contributed by atoms with Gasteiger partial charge in [0.2, 0.25) is 0 Å². The van der Waals surface area contributed by atoms with Gasteiger partial charge in [-0.25, -0.2) is 4.98 Å². The standard InChI is InChI=1S/C8H11BrN2OS/c9-8-7(13-6-10-8)5-11-1-3-12-4-2-11/h6H,1-5H2. The molecular weight excluding hydrogens is 252 g/mol. The van der Waals surface area contributed by atoms with Crippen molar-refractivity contribution < 1.29 is 4.74 Å². The fraction of sp³-hybridized carbons (Fsp3) is 0.625. The van der Waals surface area contributed by atoms with Gasteiger partial charge in [0.15, 0.2) is 0 Å². The molecular formula is C8H11BrN2OS. The summed E-state index contributed by atoms with van der Waals surface area (Å²) in [6, 6.07) is 0. The number of aromatic nitrogens is 1. The first kappa shape index (κ1) is 9.58. The number of hydrogen-bond donors (Lipinski definition) is 0. The van der Waals surface area contributed by atoms with Gasteiger partial charge in [0, 0.05) is 19.6 Å². The number of nitrogens with zero attached hydrogens (tertiary/aromatic N) is 2. The summed E-state index contributed by atoms with van der Waals surface area (Å²) in [5, 5.41) is 0. The molecule has 0 N–H and O–H groups in total. The largest absolute Gasteiger partial charge is 0.379 e. The maximum absolute atomic E-state index is 5.28. The smallest absolute Gasteiger partial charge is 0.121 e. The summed E-state index contributed by atoms with van der Waals surface area (Å²) in [7, 11) is 0. The first-order valence-electron chi connectivity index (χ1n) is 4.24. The van der Waals surface area contributed by atoms with Crippen LogP contribution in [-0.4, -0.2) is 36.2 Å². The Bertz CT molecular complexity index is 273. The van der Waals surface area contributed by atoms with Crippen LogP contribution in [0, 0.1) is 0 Å². The maximum atomic E-state index is 5.28. The SMILES string of the molecule is Brc1ncsc1CN1CCOCC1. The number of halogens is 1. The molecule has 72 valence electrons. The molecule has 1 aliphatic rings. The third kappa shape index (κ3) is 2.49. The lowest BCUT2D eigenvalue weighted by Crippen LogP contribution is -2.35. The average Bonchev–Trinajstić information content (AvgIpc) is 2.54. The van der Waals surface area contributed by atoms with Crippen molar-refractivity contribution >= 4 is 27.3 Å². The summed E-state index contributed by atoms with van der Waals surface area (Å²) in [6.07, 6.45) is 0. The third-order valence-corrected chi connectivity index (χ3v) is 3.83. The molecule has 0 aromatic carbocycles. The van der Waals surface area contributed by atoms with Crippen LogP contribution in [0.2, 0.25) is 0 Å². The van der Waals surface area contributed by atoms with Crippen molar-refractivity contribution in [1.82, 2.24) is 9.88 Å². The normalized spacial score (nSPS) is 19.2. The summed E-state index contributed by atoms with van der Waals surface area (Å²) >= 11 is 5.14. The van der Waals surface area contributed by atoms with Crippen LogP contribution < -0.4 is 0 Å². The fourth-order valence-corrected chi connectivity index (χ4v) is 2.66. The van der Waals surface area contributed by atoms with Crippen LogP contribution in [0.5, 0.6) is 0 Å². The van der Waals surface area contributed by atoms with Crippen molar-refractivity contribution in [1.29, 1.82) is 0 Å². The van der Waals surface area contributed by atoms with Gasteiger partial charge in [-0.1, -0.05) is 0 Å². The van der Waals surface area contributed by atoms with E-state index in [2.05, 4.69) is 25.8 Å². The van der Waals surface area contributed by atoms with Crippen LogP contribution in [0.25, 0.3) is 0 Å². The second-order valence-corrected chi connectivity index (χ2v) is 4.65. The van der Waals surface area contributed by atoms with E-state index >= 15 is 0 Å². The minimum Gasteiger partial charge on any atom is -0.379 e. The monoisotopic (exact) mass is 262 g/mol. The van der Waals surface area contributed by atoms with E-state index in [-0.39, 0.29) is 0 Å². The first-order valence-corrected chi connectivity index (χ1v) is 5.91. The van der Waals surface area contributed by atoms with Crippen molar-refractivity contribution in [2.45, 2.75) is 6.54 Å². The van der Waals surface area contributed by atoms with E-state index in [9.17, 15) is 0 Å². The molecule has 5 heteroatoms. The molecule has 0 atom stereocenters. The maximum Gasteiger partial charge on any atom is 0.121 e. The van der Waals surface area contributed by atoms with Crippen molar-refractivity contribution in [3.05, 3.63) is 15.0 Å². The highest BCUT2D eigenvalue weighted by Gasteiger charge is 2.13. The zero-order chi connectivity index (χ0) is 9.10. The first-order chi connectivity index (χ1) is 6.36. The summed E-state index contributed by atoms with van der Waals surface area (Å²) in [5.41, 5.74) is 1.87. The molecule has 0 bridgehead atoms. The summed E-state index contributed by atoms with van der Waals surface area (Å²) in [4.78, 5) is 7.86. The Morgan fingerprint density at radius 1 is 1.54 bits per heavy atom. The minimum absolute atomic E-state index is 0.858. The molecule has 1 aliphatic heterocycles. The zero-order valence-electron chi connectivity index (χ0n) is 7.20. The van der Waals surface area contributed by atoms with Crippen molar-refractivity contribution in [3.8, 4) is 0 Å². The number of rotatable bonds is 2. The van der Waals surface area contributed by atoms with E-state index in [0.29, 0.717) is 0 Å². The molecule has 2 rings (SSSR count). The number of hydrogen-bond acceptors (Lipinski definition) is 4. The van der Waals surface area contributed by atoms with Crippen LogP contribution in [0.1, 0.15) is 4.88 Å². The van der Waals surface area contributed by atoms with E-state index in [1.165, 1.54) is 4.88 Å². The van der Waals surface area contributed by atoms with E-state index < -0.39 is 0 Å². The van der Waals surface area contributed by atoms with Crippen molar-refractivity contribution in [3.63, 3.8) is 0 Å². The van der Waals surface area contributed by atoms with E-state index in [1.807, 2.05) is 5.51 Å². The van der Waals surface area contributed by atoms with E-state index in [0.717, 1.165) is 37.5 Å². The van der Waals surface area contributed by atoms with Crippen molar-refractivity contribution in [2.24, 2.45) is 0 Å². The number of ether oxygens (including phenoxy) is 1. The van der Waals surface area contributed by atoms with Gasteiger partial charge < -0.3 is 4.74 Å². The van der Waals surface area contributed by atoms with Gasteiger partial charge in [0.05, 0.1) is 23.6 Å². The van der Waals surface area contributed by atoms with Gasteiger partial charge in [-0.15, -0.1) is 11.3 Å². The molecule has 0 radical (unpaired) electrons. The van der Waals surface area contributed by atoms with Gasteiger partial charge in [0.1, 0.15) is 4.60 Å². The van der Waals surface area contributed by atoms with Crippen LogP contribution in [0.15, 0.2) is 10.1 Å². The second kappa shape index (κ2) is 4.50. The highest BCUT2D eigenvalue weighted by Crippen LogP contribution is 2.21. The molecule has 1 saturated heterocycles. The highest BCUT2D eigenvalue weighted by molar-refractivity contribution is 9.10. The number of morpholine rings is 1. The molecule has 0 amide bonds. The molecule has 0 aliphatic carbocycles. The van der Waals surface area contributed by atoms with Gasteiger partial charge in [-0.2, -0.15) is 0 Å². The quantitative estimate of drug-likeness (QED) is 0.812. The topological polar surface area (TPSA) is 25.4 Å². The fourth-order valence-electron chi connectivity index (χ4n) is 1.32. The van der Waals surface area contributed by atoms with Crippen LogP contribution in [0.4, 0.5) is 0 Å². The van der Waals surface area contributed by atoms with Crippen molar-refractivity contribution in [2.75, 3.05) is 26.3 Å². The molecule has 0 saturated carbocycles. The number of thiazole rings is 1. The predicted octanol–water partition coefficient (Wildman–Crippen LogP) is 1.74. The van der Waals surface area contributed by atoms with Gasteiger partial charge >= 0.3 is 0 Å².